The molecular formula is C14H27N3OS. The van der Waals surface area contributed by atoms with Crippen LogP contribution in [0.5, 0.6) is 0 Å². The summed E-state index contributed by atoms with van der Waals surface area (Å²) in [5.41, 5.74) is 0.922. The Balaban J connectivity index is 2.59. The Kier molecular flexibility index (Phi) is 5.86. The lowest BCUT2D eigenvalue weighted by Gasteiger charge is -2.34. The minimum Gasteiger partial charge on any atom is -0.376 e. The molecule has 0 bridgehead atoms. The zero-order valence-corrected chi connectivity index (χ0v) is 13.7. The molecule has 1 aromatic heterocycles. The molecule has 1 aromatic rings. The molecule has 0 amide bonds. The molecule has 0 aliphatic heterocycles. The third-order valence-corrected chi connectivity index (χ3v) is 3.26. The zero-order valence-electron chi connectivity index (χ0n) is 12.8. The van der Waals surface area contributed by atoms with E-state index in [1.807, 2.05) is 10.9 Å². The summed E-state index contributed by atoms with van der Waals surface area (Å²) in [7, 11) is 0. The summed E-state index contributed by atoms with van der Waals surface area (Å²) in [5.74, 6) is 0.630. The summed E-state index contributed by atoms with van der Waals surface area (Å²) in [6.45, 7) is 12.6. The maximum Gasteiger partial charge on any atom is 0.0923 e. The molecule has 1 rings (SSSR count). The lowest BCUT2D eigenvalue weighted by atomic mass is 9.81. The molecule has 0 atom stereocenters. The molecule has 0 aromatic carbocycles. The van der Waals surface area contributed by atoms with Gasteiger partial charge in [0.15, 0.2) is 0 Å². The first-order chi connectivity index (χ1) is 8.78. The van der Waals surface area contributed by atoms with Crippen molar-refractivity contribution < 1.29 is 4.74 Å². The Hall–Kier alpha value is -0.550. The third-order valence-electron chi connectivity index (χ3n) is 2.94. The number of rotatable bonds is 8. The van der Waals surface area contributed by atoms with Crippen molar-refractivity contribution in [1.82, 2.24) is 15.0 Å². The van der Waals surface area contributed by atoms with Crippen molar-refractivity contribution in [2.24, 2.45) is 5.41 Å². The third kappa shape index (κ3) is 5.95. The molecule has 0 radical (unpaired) electrons. The molecule has 5 heteroatoms. The van der Waals surface area contributed by atoms with Gasteiger partial charge in [0.05, 0.1) is 11.3 Å². The summed E-state index contributed by atoms with van der Waals surface area (Å²) in [6.07, 6.45) is 4.00. The average molecular weight is 285 g/mol. The number of aromatic nitrogens is 3. The van der Waals surface area contributed by atoms with Gasteiger partial charge in [0.25, 0.3) is 0 Å². The fraction of sp³-hybridized carbons (Fsp3) is 0.857. The minimum atomic E-state index is -0.105. The van der Waals surface area contributed by atoms with Crippen molar-refractivity contribution in [2.75, 3.05) is 6.61 Å². The summed E-state index contributed by atoms with van der Waals surface area (Å²) in [4.78, 5) is 0. The van der Waals surface area contributed by atoms with Crippen molar-refractivity contribution in [3.8, 4) is 0 Å². The second kappa shape index (κ2) is 6.75. The highest BCUT2D eigenvalue weighted by Gasteiger charge is 2.30. The van der Waals surface area contributed by atoms with E-state index in [0.717, 1.165) is 31.7 Å². The highest BCUT2D eigenvalue weighted by Crippen LogP contribution is 2.31. The average Bonchev–Trinajstić information content (AvgIpc) is 2.71. The molecule has 0 aliphatic rings. The van der Waals surface area contributed by atoms with E-state index < -0.39 is 0 Å². The molecule has 0 saturated heterocycles. The summed E-state index contributed by atoms with van der Waals surface area (Å²) in [5, 5.41) is 8.21. The first kappa shape index (κ1) is 16.5. The van der Waals surface area contributed by atoms with E-state index >= 15 is 0 Å². The van der Waals surface area contributed by atoms with Crippen LogP contribution in [-0.4, -0.2) is 27.2 Å². The molecule has 0 unspecified atom stereocenters. The van der Waals surface area contributed by atoms with E-state index in [4.69, 9.17) is 4.74 Å². The second-order valence-electron chi connectivity index (χ2n) is 6.51. The lowest BCUT2D eigenvalue weighted by molar-refractivity contribution is -0.0485. The van der Waals surface area contributed by atoms with E-state index in [1.54, 1.807) is 0 Å². The zero-order chi connectivity index (χ0) is 14.5. The quantitative estimate of drug-likeness (QED) is 0.745. The lowest BCUT2D eigenvalue weighted by Crippen LogP contribution is -2.34. The Morgan fingerprint density at radius 2 is 2.00 bits per heavy atom. The number of hydrogen-bond acceptors (Lipinski definition) is 4. The van der Waals surface area contributed by atoms with Crippen molar-refractivity contribution in [1.29, 1.82) is 0 Å². The Morgan fingerprint density at radius 3 is 2.53 bits per heavy atom. The van der Waals surface area contributed by atoms with Crippen LogP contribution < -0.4 is 0 Å². The van der Waals surface area contributed by atoms with Gasteiger partial charge in [-0.15, -0.1) is 5.10 Å². The predicted octanol–water partition coefficient (Wildman–Crippen LogP) is 3.33. The fourth-order valence-electron chi connectivity index (χ4n) is 2.56. The van der Waals surface area contributed by atoms with Crippen LogP contribution in [0.4, 0.5) is 0 Å². The van der Waals surface area contributed by atoms with Crippen LogP contribution in [0.15, 0.2) is 6.20 Å². The van der Waals surface area contributed by atoms with E-state index in [1.165, 1.54) is 0 Å². The SMILES string of the molecule is CCCOC(C)(C)CC(C)(C)Cn1cc(CS)nn1. The monoisotopic (exact) mass is 285 g/mol. The van der Waals surface area contributed by atoms with Gasteiger partial charge >= 0.3 is 0 Å². The summed E-state index contributed by atoms with van der Waals surface area (Å²) < 4.78 is 7.83. The van der Waals surface area contributed by atoms with Crippen LogP contribution in [0.25, 0.3) is 0 Å². The fourth-order valence-corrected chi connectivity index (χ4v) is 2.71. The van der Waals surface area contributed by atoms with Gasteiger partial charge in [0, 0.05) is 25.1 Å². The van der Waals surface area contributed by atoms with Gasteiger partial charge in [-0.25, -0.2) is 0 Å². The van der Waals surface area contributed by atoms with E-state index in [2.05, 4.69) is 57.6 Å². The molecule has 0 N–H and O–H groups in total. The number of hydrogen-bond donors (Lipinski definition) is 1. The van der Waals surface area contributed by atoms with Crippen LogP contribution in [0, 0.1) is 5.41 Å². The van der Waals surface area contributed by atoms with Gasteiger partial charge in [0.1, 0.15) is 0 Å². The molecule has 0 saturated carbocycles. The molecule has 0 fully saturated rings. The van der Waals surface area contributed by atoms with Gasteiger partial charge < -0.3 is 4.74 Å². The largest absolute Gasteiger partial charge is 0.376 e. The molecule has 110 valence electrons. The van der Waals surface area contributed by atoms with Crippen molar-refractivity contribution in [3.05, 3.63) is 11.9 Å². The minimum absolute atomic E-state index is 0.105. The maximum absolute atomic E-state index is 5.92. The van der Waals surface area contributed by atoms with Gasteiger partial charge in [-0.1, -0.05) is 26.0 Å². The predicted molar refractivity (Wildman–Crippen MR) is 81.4 cm³/mol. The van der Waals surface area contributed by atoms with Crippen LogP contribution in [0.1, 0.15) is 53.2 Å². The molecule has 1 heterocycles. The molecule has 4 nitrogen and oxygen atoms in total. The smallest absolute Gasteiger partial charge is 0.0923 e. The summed E-state index contributed by atoms with van der Waals surface area (Å²) >= 11 is 4.21. The van der Waals surface area contributed by atoms with Crippen molar-refractivity contribution >= 4 is 12.6 Å². The van der Waals surface area contributed by atoms with Gasteiger partial charge in [-0.3, -0.25) is 4.68 Å². The molecule has 0 aliphatic carbocycles. The molecule has 19 heavy (non-hydrogen) atoms. The van der Waals surface area contributed by atoms with Gasteiger partial charge in [0.2, 0.25) is 0 Å². The first-order valence-electron chi connectivity index (χ1n) is 6.92. The first-order valence-corrected chi connectivity index (χ1v) is 7.55. The highest BCUT2D eigenvalue weighted by atomic mass is 32.1. The number of ether oxygens (including phenoxy) is 1. The van der Waals surface area contributed by atoms with Crippen LogP contribution in [0.2, 0.25) is 0 Å². The molecular weight excluding hydrogens is 258 g/mol. The highest BCUT2D eigenvalue weighted by molar-refractivity contribution is 7.79. The van der Waals surface area contributed by atoms with Crippen LogP contribution in [-0.2, 0) is 17.0 Å². The Bertz CT molecular complexity index is 388. The normalized spacial score (nSPS) is 12.9. The van der Waals surface area contributed by atoms with Crippen molar-refractivity contribution in [3.63, 3.8) is 0 Å². The molecule has 0 spiro atoms. The van der Waals surface area contributed by atoms with Gasteiger partial charge in [-0.2, -0.15) is 12.6 Å². The summed E-state index contributed by atoms with van der Waals surface area (Å²) in [6, 6.07) is 0. The topological polar surface area (TPSA) is 39.9 Å². The number of nitrogens with zero attached hydrogens (tertiary/aromatic N) is 3. The van der Waals surface area contributed by atoms with Gasteiger partial charge in [-0.05, 0) is 32.1 Å². The van der Waals surface area contributed by atoms with Crippen LogP contribution >= 0.6 is 12.6 Å². The van der Waals surface area contributed by atoms with Crippen molar-refractivity contribution in [2.45, 2.75) is 65.4 Å². The maximum atomic E-state index is 5.92. The Labute approximate surface area is 122 Å². The Morgan fingerprint density at radius 1 is 1.32 bits per heavy atom. The van der Waals surface area contributed by atoms with E-state index in [9.17, 15) is 0 Å². The van der Waals surface area contributed by atoms with E-state index in [-0.39, 0.29) is 11.0 Å². The second-order valence-corrected chi connectivity index (χ2v) is 6.83. The van der Waals surface area contributed by atoms with E-state index in [0.29, 0.717) is 5.75 Å². The standard InChI is InChI=1S/C14H27N3OS/c1-6-7-18-14(4,5)10-13(2,3)11-17-8-12(9-19)15-16-17/h8,19H,6-7,9-11H2,1-5H3. The number of thiol groups is 1. The van der Waals surface area contributed by atoms with Crippen LogP contribution in [0.3, 0.4) is 0 Å².